The molecule has 0 bridgehead atoms. The lowest BCUT2D eigenvalue weighted by atomic mass is 10.2. The van der Waals surface area contributed by atoms with Crippen molar-refractivity contribution in [2.45, 2.75) is 13.2 Å². The molecule has 1 heterocycles. The summed E-state index contributed by atoms with van der Waals surface area (Å²) in [6.45, 7) is 0.820. The molecule has 2 aromatic rings. The molecule has 0 spiro atoms. The SMILES string of the molecule is OCc1c(Br)cccc1NCc1ccsc1. The van der Waals surface area contributed by atoms with Crippen LogP contribution in [0, 0.1) is 0 Å². The number of hydrogen-bond donors (Lipinski definition) is 2. The highest BCUT2D eigenvalue weighted by molar-refractivity contribution is 9.10. The molecule has 16 heavy (non-hydrogen) atoms. The number of thiophene rings is 1. The van der Waals surface area contributed by atoms with Gasteiger partial charge in [-0.05, 0) is 34.5 Å². The second-order valence-corrected chi connectivity index (χ2v) is 5.04. The first-order valence-corrected chi connectivity index (χ1v) is 6.68. The number of anilines is 1. The van der Waals surface area contributed by atoms with Crippen LogP contribution in [0.2, 0.25) is 0 Å². The van der Waals surface area contributed by atoms with Crippen LogP contribution >= 0.6 is 27.3 Å². The largest absolute Gasteiger partial charge is 0.392 e. The molecule has 0 saturated heterocycles. The number of aliphatic hydroxyl groups is 1. The Morgan fingerprint density at radius 2 is 2.19 bits per heavy atom. The maximum absolute atomic E-state index is 9.29. The van der Waals surface area contributed by atoms with Crippen LogP contribution in [-0.2, 0) is 13.2 Å². The van der Waals surface area contributed by atoms with Crippen LogP contribution in [0.25, 0.3) is 0 Å². The minimum atomic E-state index is 0.0351. The van der Waals surface area contributed by atoms with Crippen molar-refractivity contribution in [2.24, 2.45) is 0 Å². The van der Waals surface area contributed by atoms with Gasteiger partial charge < -0.3 is 10.4 Å². The normalized spacial score (nSPS) is 10.4. The molecule has 0 aliphatic heterocycles. The number of aliphatic hydroxyl groups excluding tert-OH is 1. The van der Waals surface area contributed by atoms with Crippen molar-refractivity contribution in [3.05, 3.63) is 50.6 Å². The molecule has 4 heteroatoms. The van der Waals surface area contributed by atoms with E-state index in [-0.39, 0.29) is 6.61 Å². The summed E-state index contributed by atoms with van der Waals surface area (Å²) in [7, 11) is 0. The van der Waals surface area contributed by atoms with Gasteiger partial charge in [0.25, 0.3) is 0 Å². The Morgan fingerprint density at radius 3 is 2.88 bits per heavy atom. The van der Waals surface area contributed by atoms with Gasteiger partial charge in [-0.3, -0.25) is 0 Å². The molecule has 0 atom stereocenters. The van der Waals surface area contributed by atoms with Crippen molar-refractivity contribution < 1.29 is 5.11 Å². The van der Waals surface area contributed by atoms with Crippen molar-refractivity contribution in [2.75, 3.05) is 5.32 Å². The maximum atomic E-state index is 9.29. The van der Waals surface area contributed by atoms with E-state index >= 15 is 0 Å². The summed E-state index contributed by atoms with van der Waals surface area (Å²) in [6, 6.07) is 7.96. The molecule has 2 rings (SSSR count). The standard InChI is InChI=1S/C12H12BrNOS/c13-11-2-1-3-12(10(11)7-15)14-6-9-4-5-16-8-9/h1-5,8,14-15H,6-7H2. The smallest absolute Gasteiger partial charge is 0.0713 e. The lowest BCUT2D eigenvalue weighted by molar-refractivity contribution is 0.281. The Hall–Kier alpha value is -0.840. The minimum Gasteiger partial charge on any atom is -0.392 e. The summed E-state index contributed by atoms with van der Waals surface area (Å²) in [6.07, 6.45) is 0. The number of halogens is 1. The highest BCUT2D eigenvalue weighted by Gasteiger charge is 2.04. The fraction of sp³-hybridized carbons (Fsp3) is 0.167. The van der Waals surface area contributed by atoms with E-state index in [1.165, 1.54) is 5.56 Å². The Morgan fingerprint density at radius 1 is 1.31 bits per heavy atom. The monoisotopic (exact) mass is 297 g/mol. The summed E-state index contributed by atoms with van der Waals surface area (Å²) < 4.78 is 0.935. The second-order valence-electron chi connectivity index (χ2n) is 3.41. The highest BCUT2D eigenvalue weighted by atomic mass is 79.9. The zero-order valence-electron chi connectivity index (χ0n) is 8.61. The Kier molecular flexibility index (Phi) is 3.98. The molecule has 2 N–H and O–H groups in total. The van der Waals surface area contributed by atoms with Gasteiger partial charge in [0.1, 0.15) is 0 Å². The lowest BCUT2D eigenvalue weighted by Crippen LogP contribution is -2.02. The molecule has 1 aromatic heterocycles. The second kappa shape index (κ2) is 5.48. The summed E-state index contributed by atoms with van der Waals surface area (Å²) in [4.78, 5) is 0. The van der Waals surface area contributed by atoms with Gasteiger partial charge >= 0.3 is 0 Å². The van der Waals surface area contributed by atoms with Crippen LogP contribution in [0.1, 0.15) is 11.1 Å². The summed E-state index contributed by atoms with van der Waals surface area (Å²) >= 11 is 5.12. The molecule has 0 amide bonds. The van der Waals surface area contributed by atoms with E-state index in [0.717, 1.165) is 22.3 Å². The molecule has 84 valence electrons. The number of benzene rings is 1. The maximum Gasteiger partial charge on any atom is 0.0713 e. The summed E-state index contributed by atoms with van der Waals surface area (Å²) in [5.41, 5.74) is 3.13. The van der Waals surface area contributed by atoms with Crippen molar-refractivity contribution in [3.8, 4) is 0 Å². The molecule has 0 saturated carbocycles. The molecule has 0 unspecified atom stereocenters. The third-order valence-electron chi connectivity index (χ3n) is 2.34. The van der Waals surface area contributed by atoms with Gasteiger partial charge in [-0.15, -0.1) is 0 Å². The van der Waals surface area contributed by atoms with Gasteiger partial charge in [-0.1, -0.05) is 22.0 Å². The molecule has 1 aromatic carbocycles. The van der Waals surface area contributed by atoms with Gasteiger partial charge in [-0.2, -0.15) is 11.3 Å². The molecular weight excluding hydrogens is 286 g/mol. The molecule has 0 radical (unpaired) electrons. The van der Waals surface area contributed by atoms with Gasteiger partial charge in [-0.25, -0.2) is 0 Å². The van der Waals surface area contributed by atoms with Crippen molar-refractivity contribution in [3.63, 3.8) is 0 Å². The molecular formula is C12H12BrNOS. The van der Waals surface area contributed by atoms with Crippen LogP contribution in [0.5, 0.6) is 0 Å². The zero-order chi connectivity index (χ0) is 11.4. The van der Waals surface area contributed by atoms with E-state index in [1.54, 1.807) is 11.3 Å². The summed E-state index contributed by atoms with van der Waals surface area (Å²) in [5, 5.41) is 16.8. The Bertz CT molecular complexity index is 456. The fourth-order valence-electron chi connectivity index (χ4n) is 1.48. The average molecular weight is 298 g/mol. The number of nitrogens with one attached hydrogen (secondary N) is 1. The van der Waals surface area contributed by atoms with Crippen molar-refractivity contribution >= 4 is 33.0 Å². The third-order valence-corrected chi connectivity index (χ3v) is 3.82. The first-order chi connectivity index (χ1) is 7.81. The highest BCUT2D eigenvalue weighted by Crippen LogP contribution is 2.25. The fourth-order valence-corrected chi connectivity index (χ4v) is 2.64. The van der Waals surface area contributed by atoms with Gasteiger partial charge in [0.2, 0.25) is 0 Å². The number of hydrogen-bond acceptors (Lipinski definition) is 3. The van der Waals surface area contributed by atoms with Gasteiger partial charge in [0.15, 0.2) is 0 Å². The number of rotatable bonds is 4. The molecule has 0 aliphatic carbocycles. The first kappa shape index (κ1) is 11.6. The zero-order valence-corrected chi connectivity index (χ0v) is 11.0. The Balaban J connectivity index is 2.12. The van der Waals surface area contributed by atoms with Crippen molar-refractivity contribution in [1.82, 2.24) is 0 Å². The van der Waals surface area contributed by atoms with Crippen molar-refractivity contribution in [1.29, 1.82) is 0 Å². The van der Waals surface area contributed by atoms with E-state index in [9.17, 15) is 5.11 Å². The van der Waals surface area contributed by atoms with Crippen LogP contribution in [-0.4, -0.2) is 5.11 Å². The van der Waals surface area contributed by atoms with Gasteiger partial charge in [0.05, 0.1) is 6.61 Å². The lowest BCUT2D eigenvalue weighted by Gasteiger charge is -2.11. The third kappa shape index (κ3) is 2.64. The Labute approximate surface area is 107 Å². The predicted molar refractivity (Wildman–Crippen MR) is 71.7 cm³/mol. The van der Waals surface area contributed by atoms with E-state index in [4.69, 9.17) is 0 Å². The quantitative estimate of drug-likeness (QED) is 0.903. The van der Waals surface area contributed by atoms with Crippen LogP contribution in [0.4, 0.5) is 5.69 Å². The van der Waals surface area contributed by atoms with E-state index in [1.807, 2.05) is 18.2 Å². The first-order valence-electron chi connectivity index (χ1n) is 4.94. The molecule has 2 nitrogen and oxygen atoms in total. The predicted octanol–water partition coefficient (Wildman–Crippen LogP) is 3.62. The summed E-state index contributed by atoms with van der Waals surface area (Å²) in [5.74, 6) is 0. The average Bonchev–Trinajstić information content (AvgIpc) is 2.79. The molecule has 0 aliphatic rings. The van der Waals surface area contributed by atoms with Gasteiger partial charge in [0, 0.05) is 22.3 Å². The van der Waals surface area contributed by atoms with E-state index in [0.29, 0.717) is 0 Å². The topological polar surface area (TPSA) is 32.3 Å². The van der Waals surface area contributed by atoms with Crippen LogP contribution < -0.4 is 5.32 Å². The van der Waals surface area contributed by atoms with Crippen LogP contribution in [0.3, 0.4) is 0 Å². The molecule has 0 fully saturated rings. The van der Waals surface area contributed by atoms with E-state index in [2.05, 4.69) is 38.1 Å². The van der Waals surface area contributed by atoms with E-state index < -0.39 is 0 Å². The van der Waals surface area contributed by atoms with Crippen LogP contribution in [0.15, 0.2) is 39.5 Å². The minimum absolute atomic E-state index is 0.0351.